The van der Waals surface area contributed by atoms with Crippen LogP contribution < -0.4 is 5.32 Å². The summed E-state index contributed by atoms with van der Waals surface area (Å²) in [5.41, 5.74) is 0.235. The maximum absolute atomic E-state index is 13.6. The van der Waals surface area contributed by atoms with Crippen molar-refractivity contribution in [3.63, 3.8) is 0 Å². The van der Waals surface area contributed by atoms with Crippen LogP contribution in [0.1, 0.15) is 96.2 Å². The molecule has 2 aliphatic rings. The summed E-state index contributed by atoms with van der Waals surface area (Å²) in [6.07, 6.45) is 6.29. The van der Waals surface area contributed by atoms with Crippen LogP contribution >= 0.6 is 0 Å². The molecule has 0 radical (unpaired) electrons. The van der Waals surface area contributed by atoms with Crippen molar-refractivity contribution in [2.75, 3.05) is 13.2 Å². The Labute approximate surface area is 186 Å². The van der Waals surface area contributed by atoms with Gasteiger partial charge in [-0.3, -0.25) is 14.3 Å². The second-order valence-corrected chi connectivity index (χ2v) is 10.5. The first-order valence-electron chi connectivity index (χ1n) is 11.9. The van der Waals surface area contributed by atoms with Gasteiger partial charge in [0.1, 0.15) is 11.2 Å². The quantitative estimate of drug-likeness (QED) is 0.713. The molecule has 31 heavy (non-hydrogen) atoms. The number of amides is 2. The fourth-order valence-electron chi connectivity index (χ4n) is 4.51. The van der Waals surface area contributed by atoms with Crippen molar-refractivity contribution in [3.8, 4) is 0 Å². The van der Waals surface area contributed by atoms with E-state index in [9.17, 15) is 9.59 Å². The predicted molar refractivity (Wildman–Crippen MR) is 121 cm³/mol. The van der Waals surface area contributed by atoms with Gasteiger partial charge >= 0.3 is 0 Å². The van der Waals surface area contributed by atoms with Gasteiger partial charge in [0.05, 0.1) is 18.3 Å². The Hall–Kier alpha value is -1.89. The Morgan fingerprint density at radius 2 is 2.00 bits per heavy atom. The summed E-state index contributed by atoms with van der Waals surface area (Å²) >= 11 is 0. The maximum Gasteiger partial charge on any atom is 0.273 e. The molecule has 7 heteroatoms. The number of carbonyl (C=O) groups excluding carboxylic acids is 2. The number of nitrogens with one attached hydrogen (secondary N) is 1. The van der Waals surface area contributed by atoms with E-state index in [4.69, 9.17) is 9.84 Å². The van der Waals surface area contributed by atoms with Gasteiger partial charge in [0.2, 0.25) is 5.91 Å². The summed E-state index contributed by atoms with van der Waals surface area (Å²) in [5.74, 6) is -0.239. The summed E-state index contributed by atoms with van der Waals surface area (Å²) in [4.78, 5) is 28.9. The lowest BCUT2D eigenvalue weighted by Crippen LogP contribution is -2.66. The van der Waals surface area contributed by atoms with Gasteiger partial charge in [-0.2, -0.15) is 5.10 Å². The molecule has 2 amide bonds. The van der Waals surface area contributed by atoms with Gasteiger partial charge in [-0.25, -0.2) is 0 Å². The third-order valence-corrected chi connectivity index (χ3v) is 6.54. The molecule has 0 bridgehead atoms. The molecule has 2 atom stereocenters. The standard InChI is InChI=1S/C24H40N4O3/c1-7-13-31-17(2)15-27-21(29)19-14-20(23(3,4)5)26-28(19)16-24(27,6)22(30)25-18-11-9-8-10-12-18/h14,17-18H,7-13,15-16H2,1-6H3,(H,25,30). The molecule has 7 nitrogen and oxygen atoms in total. The highest BCUT2D eigenvalue weighted by atomic mass is 16.5. The molecule has 174 valence electrons. The van der Waals surface area contributed by atoms with Crippen LogP contribution in [0, 0.1) is 0 Å². The summed E-state index contributed by atoms with van der Waals surface area (Å²) in [5, 5.41) is 7.97. The topological polar surface area (TPSA) is 76.5 Å². The molecule has 1 aliphatic carbocycles. The van der Waals surface area contributed by atoms with Crippen molar-refractivity contribution in [2.45, 2.75) is 110 Å². The molecule has 1 aromatic rings. The molecule has 1 aromatic heterocycles. The third kappa shape index (κ3) is 5.13. The Balaban J connectivity index is 1.91. The van der Waals surface area contributed by atoms with Crippen LogP contribution in [-0.4, -0.2) is 57.3 Å². The maximum atomic E-state index is 13.6. The minimum Gasteiger partial charge on any atom is -0.377 e. The van der Waals surface area contributed by atoms with Gasteiger partial charge in [-0.15, -0.1) is 0 Å². The minimum atomic E-state index is -1.01. The first kappa shape index (κ1) is 23.8. The van der Waals surface area contributed by atoms with Crippen molar-refractivity contribution in [2.24, 2.45) is 0 Å². The molecule has 2 heterocycles. The zero-order chi connectivity index (χ0) is 22.8. The Morgan fingerprint density at radius 1 is 1.32 bits per heavy atom. The second-order valence-electron chi connectivity index (χ2n) is 10.5. The highest BCUT2D eigenvalue weighted by molar-refractivity contribution is 5.99. The highest BCUT2D eigenvalue weighted by Gasteiger charge is 2.49. The average molecular weight is 433 g/mol. The lowest BCUT2D eigenvalue weighted by atomic mass is 9.90. The Morgan fingerprint density at radius 3 is 2.61 bits per heavy atom. The van der Waals surface area contributed by atoms with E-state index in [-0.39, 0.29) is 29.4 Å². The molecule has 1 N–H and O–H groups in total. The van der Waals surface area contributed by atoms with Crippen LogP contribution in [0.4, 0.5) is 0 Å². The van der Waals surface area contributed by atoms with Crippen LogP contribution in [0.15, 0.2) is 6.07 Å². The molecule has 0 saturated heterocycles. The van der Waals surface area contributed by atoms with Gasteiger partial charge in [-0.1, -0.05) is 47.0 Å². The number of hydrogen-bond donors (Lipinski definition) is 1. The number of aromatic nitrogens is 2. The van der Waals surface area contributed by atoms with E-state index in [1.807, 2.05) is 19.9 Å². The van der Waals surface area contributed by atoms with E-state index in [1.54, 1.807) is 9.58 Å². The van der Waals surface area contributed by atoms with E-state index in [1.165, 1.54) is 6.42 Å². The van der Waals surface area contributed by atoms with Crippen molar-refractivity contribution >= 4 is 11.8 Å². The molecular weight excluding hydrogens is 392 g/mol. The SMILES string of the molecule is CCCOC(C)CN1C(=O)c2cc(C(C)(C)C)nn2CC1(C)C(=O)NC1CCCCC1. The summed E-state index contributed by atoms with van der Waals surface area (Å²) < 4.78 is 7.60. The molecule has 2 unspecified atom stereocenters. The number of hydrogen-bond acceptors (Lipinski definition) is 4. The monoisotopic (exact) mass is 432 g/mol. The summed E-state index contributed by atoms with van der Waals surface area (Å²) in [7, 11) is 0. The summed E-state index contributed by atoms with van der Waals surface area (Å²) in [6.45, 7) is 13.5. The van der Waals surface area contributed by atoms with E-state index >= 15 is 0 Å². The zero-order valence-corrected chi connectivity index (χ0v) is 20.2. The van der Waals surface area contributed by atoms with Crippen LogP contribution in [-0.2, 0) is 21.5 Å². The van der Waals surface area contributed by atoms with Gasteiger partial charge < -0.3 is 15.0 Å². The smallest absolute Gasteiger partial charge is 0.273 e. The molecule has 3 rings (SSSR count). The van der Waals surface area contributed by atoms with Crippen LogP contribution in [0.5, 0.6) is 0 Å². The van der Waals surface area contributed by atoms with Gasteiger partial charge in [0, 0.05) is 24.6 Å². The first-order chi connectivity index (χ1) is 14.6. The first-order valence-corrected chi connectivity index (χ1v) is 11.9. The van der Waals surface area contributed by atoms with Gasteiger partial charge in [0.25, 0.3) is 5.91 Å². The van der Waals surface area contributed by atoms with Crippen LogP contribution in [0.25, 0.3) is 0 Å². The van der Waals surface area contributed by atoms with Crippen molar-refractivity contribution in [1.82, 2.24) is 20.0 Å². The molecule has 1 aliphatic heterocycles. The van der Waals surface area contributed by atoms with Crippen LogP contribution in [0.2, 0.25) is 0 Å². The van der Waals surface area contributed by atoms with Gasteiger partial charge in [-0.05, 0) is 39.2 Å². The summed E-state index contributed by atoms with van der Waals surface area (Å²) in [6, 6.07) is 2.07. The normalized spacial score (nSPS) is 23.5. The second kappa shape index (κ2) is 9.31. The number of fused-ring (bicyclic) bond motifs is 1. The number of carbonyl (C=O) groups is 2. The van der Waals surface area contributed by atoms with E-state index < -0.39 is 5.54 Å². The Kier molecular flexibility index (Phi) is 7.14. The highest BCUT2D eigenvalue weighted by Crippen LogP contribution is 2.31. The number of nitrogens with zero attached hydrogens (tertiary/aromatic N) is 3. The number of ether oxygens (including phenoxy) is 1. The van der Waals surface area contributed by atoms with E-state index in [0.29, 0.717) is 25.4 Å². The van der Waals surface area contributed by atoms with Crippen molar-refractivity contribution < 1.29 is 14.3 Å². The van der Waals surface area contributed by atoms with Gasteiger partial charge in [0.15, 0.2) is 0 Å². The molecular formula is C24H40N4O3. The Bertz CT molecular complexity index is 791. The lowest BCUT2D eigenvalue weighted by Gasteiger charge is -2.44. The predicted octanol–water partition coefficient (Wildman–Crippen LogP) is 3.66. The van der Waals surface area contributed by atoms with Crippen molar-refractivity contribution in [3.05, 3.63) is 17.5 Å². The lowest BCUT2D eigenvalue weighted by molar-refractivity contribution is -0.135. The average Bonchev–Trinajstić information content (AvgIpc) is 3.14. The largest absolute Gasteiger partial charge is 0.377 e. The zero-order valence-electron chi connectivity index (χ0n) is 20.2. The van der Waals surface area contributed by atoms with Crippen molar-refractivity contribution in [1.29, 1.82) is 0 Å². The molecule has 0 spiro atoms. The fraction of sp³-hybridized carbons (Fsp3) is 0.792. The molecule has 1 saturated carbocycles. The minimum absolute atomic E-state index is 0.0890. The van der Waals surface area contributed by atoms with Crippen LogP contribution in [0.3, 0.4) is 0 Å². The van der Waals surface area contributed by atoms with E-state index in [2.05, 4.69) is 33.0 Å². The molecule has 0 aromatic carbocycles. The van der Waals surface area contributed by atoms with E-state index in [0.717, 1.165) is 37.8 Å². The fourth-order valence-corrected chi connectivity index (χ4v) is 4.51. The third-order valence-electron chi connectivity index (χ3n) is 6.54. The molecule has 1 fully saturated rings. The number of rotatable bonds is 7.